The number of hydrogen-bond acceptors (Lipinski definition) is 3. The summed E-state index contributed by atoms with van der Waals surface area (Å²) >= 11 is 0. The van der Waals surface area contributed by atoms with Crippen molar-refractivity contribution >= 4 is 5.69 Å². The second kappa shape index (κ2) is 3.53. The highest BCUT2D eigenvalue weighted by Crippen LogP contribution is 2.25. The molecule has 4 N–H and O–H groups in total. The molecule has 1 aromatic heterocycles. The Hall–Kier alpha value is -1.43. The predicted molar refractivity (Wildman–Crippen MR) is 42.4 cm³/mol. The first-order valence-corrected chi connectivity index (χ1v) is 3.47. The van der Waals surface area contributed by atoms with Crippen molar-refractivity contribution in [2.45, 2.75) is 13.0 Å². The Morgan fingerprint density at radius 2 is 2.23 bits per heavy atom. The number of rotatable bonds is 2. The summed E-state index contributed by atoms with van der Waals surface area (Å²) in [5.74, 6) is 0. The van der Waals surface area contributed by atoms with Gasteiger partial charge in [0.05, 0.1) is 17.9 Å². The minimum Gasteiger partial charge on any atom is -0.398 e. The number of nitrogens with one attached hydrogen (secondary N) is 1. The zero-order chi connectivity index (χ0) is 10.0. The molecule has 0 unspecified atom stereocenters. The number of nitrogens with two attached hydrogens (primary N) is 1. The van der Waals surface area contributed by atoms with E-state index in [0.29, 0.717) is 0 Å². The zero-order valence-corrected chi connectivity index (χ0v) is 6.55. The Labute approximate surface area is 72.0 Å². The van der Waals surface area contributed by atoms with Crippen LogP contribution in [0.25, 0.3) is 0 Å². The van der Waals surface area contributed by atoms with Gasteiger partial charge in [-0.05, 0) is 0 Å². The number of H-pyrrole nitrogens is 1. The van der Waals surface area contributed by atoms with Crippen LogP contribution in [0, 0.1) is 0 Å². The summed E-state index contributed by atoms with van der Waals surface area (Å²) in [7, 11) is 0. The standard InChI is InChI=1S/C7H8F2N2O2/c8-7(9)6-3(10)1-5(13)11-4(6)2-12/h1,7,12H,2H2,(H3,10,11,13). The quantitative estimate of drug-likeness (QED) is 0.631. The zero-order valence-electron chi connectivity index (χ0n) is 6.55. The molecule has 0 aliphatic rings. The number of aromatic nitrogens is 1. The summed E-state index contributed by atoms with van der Waals surface area (Å²) < 4.78 is 24.6. The second-order valence-electron chi connectivity index (χ2n) is 2.44. The third-order valence-electron chi connectivity index (χ3n) is 1.57. The molecular weight excluding hydrogens is 182 g/mol. The SMILES string of the molecule is Nc1cc(=O)[nH]c(CO)c1C(F)F. The van der Waals surface area contributed by atoms with E-state index in [0.717, 1.165) is 6.07 Å². The van der Waals surface area contributed by atoms with Crippen LogP contribution < -0.4 is 11.3 Å². The van der Waals surface area contributed by atoms with Gasteiger partial charge in [-0.15, -0.1) is 0 Å². The summed E-state index contributed by atoms with van der Waals surface area (Å²) in [6.45, 7) is -0.667. The first-order chi connectivity index (χ1) is 6.06. The van der Waals surface area contributed by atoms with Gasteiger partial charge >= 0.3 is 0 Å². The van der Waals surface area contributed by atoms with E-state index >= 15 is 0 Å². The number of anilines is 1. The van der Waals surface area contributed by atoms with Gasteiger partial charge < -0.3 is 15.8 Å². The monoisotopic (exact) mass is 190 g/mol. The van der Waals surface area contributed by atoms with E-state index in [1.165, 1.54) is 0 Å². The lowest BCUT2D eigenvalue weighted by atomic mass is 10.1. The number of aliphatic hydroxyl groups excluding tert-OH is 1. The van der Waals surface area contributed by atoms with Crippen molar-refractivity contribution in [2.75, 3.05) is 5.73 Å². The highest BCUT2D eigenvalue weighted by atomic mass is 19.3. The lowest BCUT2D eigenvalue weighted by Gasteiger charge is -2.08. The molecule has 0 radical (unpaired) electrons. The maximum Gasteiger partial charge on any atom is 0.267 e. The summed E-state index contributed by atoms with van der Waals surface area (Å²) in [6, 6.07) is 0.862. The maximum absolute atomic E-state index is 12.3. The predicted octanol–water partition coefficient (Wildman–Crippen LogP) is 0.387. The minimum atomic E-state index is -2.81. The van der Waals surface area contributed by atoms with E-state index in [1.807, 2.05) is 0 Å². The molecule has 0 aliphatic carbocycles. The van der Waals surface area contributed by atoms with Crippen LogP contribution in [0.3, 0.4) is 0 Å². The minimum absolute atomic E-state index is 0.236. The molecule has 0 saturated heterocycles. The second-order valence-corrected chi connectivity index (χ2v) is 2.44. The van der Waals surface area contributed by atoms with Gasteiger partial charge in [-0.3, -0.25) is 4.79 Å². The number of aromatic amines is 1. The Morgan fingerprint density at radius 3 is 2.69 bits per heavy atom. The Kier molecular flexibility index (Phi) is 2.62. The first kappa shape index (κ1) is 9.66. The maximum atomic E-state index is 12.3. The van der Waals surface area contributed by atoms with Gasteiger partial charge in [0.25, 0.3) is 6.43 Å². The number of alkyl halides is 2. The summed E-state index contributed by atoms with van der Waals surface area (Å²) in [5, 5.41) is 8.66. The van der Waals surface area contributed by atoms with Crippen LogP contribution in [0.1, 0.15) is 17.7 Å². The highest BCUT2D eigenvalue weighted by molar-refractivity contribution is 5.48. The number of hydrogen-bond donors (Lipinski definition) is 3. The topological polar surface area (TPSA) is 79.1 Å². The third kappa shape index (κ3) is 1.83. The fraction of sp³-hybridized carbons (Fsp3) is 0.286. The average molecular weight is 190 g/mol. The van der Waals surface area contributed by atoms with Crippen molar-refractivity contribution in [1.82, 2.24) is 4.98 Å². The van der Waals surface area contributed by atoms with Crippen LogP contribution >= 0.6 is 0 Å². The largest absolute Gasteiger partial charge is 0.398 e. The molecule has 0 amide bonds. The third-order valence-corrected chi connectivity index (χ3v) is 1.57. The van der Waals surface area contributed by atoms with Gasteiger partial charge in [0, 0.05) is 11.8 Å². The van der Waals surface area contributed by atoms with Crippen molar-refractivity contribution in [3.63, 3.8) is 0 Å². The van der Waals surface area contributed by atoms with E-state index in [2.05, 4.69) is 4.98 Å². The molecule has 0 aromatic carbocycles. The van der Waals surface area contributed by atoms with Gasteiger partial charge in [0.2, 0.25) is 5.56 Å². The lowest BCUT2D eigenvalue weighted by Crippen LogP contribution is -2.14. The van der Waals surface area contributed by atoms with E-state index < -0.39 is 24.2 Å². The lowest BCUT2D eigenvalue weighted by molar-refractivity contribution is 0.147. The Balaban J connectivity index is 3.38. The molecule has 1 rings (SSSR count). The Bertz CT molecular complexity index is 362. The molecule has 1 aromatic rings. The van der Waals surface area contributed by atoms with Crippen LogP contribution in [-0.4, -0.2) is 10.1 Å². The molecule has 0 spiro atoms. The fourth-order valence-corrected chi connectivity index (χ4v) is 1.03. The summed E-state index contributed by atoms with van der Waals surface area (Å²) in [5.41, 5.74) is 3.53. The molecule has 72 valence electrons. The van der Waals surface area contributed by atoms with Crippen molar-refractivity contribution in [2.24, 2.45) is 0 Å². The fourth-order valence-electron chi connectivity index (χ4n) is 1.03. The number of nitrogen functional groups attached to an aromatic ring is 1. The van der Waals surface area contributed by atoms with Crippen LogP contribution in [0.15, 0.2) is 10.9 Å². The summed E-state index contributed by atoms with van der Waals surface area (Å²) in [6.07, 6.45) is -2.81. The van der Waals surface area contributed by atoms with Crippen molar-refractivity contribution in [3.8, 4) is 0 Å². The molecular formula is C7H8F2N2O2. The van der Waals surface area contributed by atoms with Crippen molar-refractivity contribution < 1.29 is 13.9 Å². The molecule has 0 aliphatic heterocycles. The van der Waals surface area contributed by atoms with Crippen LogP contribution in [-0.2, 0) is 6.61 Å². The smallest absolute Gasteiger partial charge is 0.267 e. The van der Waals surface area contributed by atoms with Gasteiger partial charge in [0.1, 0.15) is 0 Å². The average Bonchev–Trinajstić information content (AvgIpc) is 2.01. The van der Waals surface area contributed by atoms with Gasteiger partial charge in [-0.2, -0.15) is 0 Å². The van der Waals surface area contributed by atoms with Crippen molar-refractivity contribution in [1.29, 1.82) is 0 Å². The molecule has 1 heterocycles. The van der Waals surface area contributed by atoms with Gasteiger partial charge in [0.15, 0.2) is 0 Å². The number of aliphatic hydroxyl groups is 1. The molecule has 4 nitrogen and oxygen atoms in total. The molecule has 13 heavy (non-hydrogen) atoms. The van der Waals surface area contributed by atoms with Gasteiger partial charge in [-0.25, -0.2) is 8.78 Å². The Morgan fingerprint density at radius 1 is 1.62 bits per heavy atom. The van der Waals surface area contributed by atoms with E-state index in [1.54, 1.807) is 0 Å². The molecule has 6 heteroatoms. The number of halogens is 2. The van der Waals surface area contributed by atoms with Crippen LogP contribution in [0.4, 0.5) is 14.5 Å². The van der Waals surface area contributed by atoms with Gasteiger partial charge in [-0.1, -0.05) is 0 Å². The van der Waals surface area contributed by atoms with Crippen LogP contribution in [0.5, 0.6) is 0 Å². The molecule has 0 saturated carbocycles. The summed E-state index contributed by atoms with van der Waals surface area (Å²) in [4.78, 5) is 12.8. The number of pyridine rings is 1. The molecule has 0 fully saturated rings. The van der Waals surface area contributed by atoms with Crippen LogP contribution in [0.2, 0.25) is 0 Å². The van der Waals surface area contributed by atoms with E-state index in [-0.39, 0.29) is 11.4 Å². The molecule has 0 bridgehead atoms. The van der Waals surface area contributed by atoms with Crippen molar-refractivity contribution in [3.05, 3.63) is 27.7 Å². The van der Waals surface area contributed by atoms with E-state index in [9.17, 15) is 13.6 Å². The highest BCUT2D eigenvalue weighted by Gasteiger charge is 2.17. The first-order valence-electron chi connectivity index (χ1n) is 3.47. The molecule has 0 atom stereocenters. The normalized spacial score (nSPS) is 10.8. The van der Waals surface area contributed by atoms with E-state index in [4.69, 9.17) is 10.8 Å².